The third-order valence-corrected chi connectivity index (χ3v) is 2.99. The first-order valence-corrected chi connectivity index (χ1v) is 6.28. The molecule has 1 rings (SSSR count). The van der Waals surface area contributed by atoms with E-state index in [0.29, 0.717) is 6.29 Å². The van der Waals surface area contributed by atoms with Crippen LogP contribution in [0.25, 0.3) is 0 Å². The van der Waals surface area contributed by atoms with Gasteiger partial charge in [0, 0.05) is 19.7 Å². The van der Waals surface area contributed by atoms with Crippen LogP contribution in [0.1, 0.15) is 6.42 Å². The number of carbonyl (C=O) groups excluding carboxylic acids is 3. The summed E-state index contributed by atoms with van der Waals surface area (Å²) in [5, 5.41) is 20.6. The zero-order chi connectivity index (χ0) is 15.8. The highest BCUT2D eigenvalue weighted by atomic mass is 16.5. The standard InChI is InChI=1S/C13H18N2O6/c1-15(12-5-10(19)11(7-17)21-12)6-9(3-2-4-16)13(20)14-8-18/h2-4,6,8,10-12,17,19H,5,7H2,1H3,(H,14,18,20)/b3-2+,9-6-/t10-,11?,12-/m1/s1. The highest BCUT2D eigenvalue weighted by Gasteiger charge is 2.35. The van der Waals surface area contributed by atoms with Crippen LogP contribution in [-0.2, 0) is 19.1 Å². The Morgan fingerprint density at radius 1 is 1.48 bits per heavy atom. The molecule has 116 valence electrons. The normalized spacial score (nSPS) is 25.9. The summed E-state index contributed by atoms with van der Waals surface area (Å²) in [5.41, 5.74) is 0.0715. The molecule has 0 aromatic heterocycles. The van der Waals surface area contributed by atoms with Gasteiger partial charge < -0.3 is 19.8 Å². The number of aliphatic hydroxyl groups is 2. The summed E-state index contributed by atoms with van der Waals surface area (Å²) in [5.74, 6) is -0.674. The second-order valence-corrected chi connectivity index (χ2v) is 4.45. The van der Waals surface area contributed by atoms with Crippen molar-refractivity contribution in [2.75, 3.05) is 13.7 Å². The molecule has 0 aromatic rings. The minimum atomic E-state index is -0.798. The molecule has 1 fully saturated rings. The summed E-state index contributed by atoms with van der Waals surface area (Å²) in [4.78, 5) is 33.8. The predicted molar refractivity (Wildman–Crippen MR) is 71.6 cm³/mol. The number of aliphatic hydroxyl groups excluding tert-OH is 2. The zero-order valence-electron chi connectivity index (χ0n) is 11.5. The topological polar surface area (TPSA) is 116 Å². The van der Waals surface area contributed by atoms with Crippen LogP contribution in [0, 0.1) is 0 Å². The van der Waals surface area contributed by atoms with E-state index in [1.54, 1.807) is 7.05 Å². The molecule has 3 atom stereocenters. The SMILES string of the molecule is CN(/C=C(/C=C/C=O)C(=O)NC=O)[C@H]1C[C@@H](O)C(CO)O1. The number of hydrogen-bond acceptors (Lipinski definition) is 7. The third kappa shape index (κ3) is 4.78. The van der Waals surface area contributed by atoms with Crippen molar-refractivity contribution in [1.29, 1.82) is 0 Å². The van der Waals surface area contributed by atoms with Gasteiger partial charge in [0.15, 0.2) is 0 Å². The van der Waals surface area contributed by atoms with Gasteiger partial charge in [0.1, 0.15) is 18.6 Å². The van der Waals surface area contributed by atoms with Crippen LogP contribution in [0.3, 0.4) is 0 Å². The Hall–Kier alpha value is -2.03. The van der Waals surface area contributed by atoms with Crippen molar-refractivity contribution in [3.63, 3.8) is 0 Å². The van der Waals surface area contributed by atoms with Gasteiger partial charge in [0.25, 0.3) is 5.91 Å². The number of aldehydes is 1. The van der Waals surface area contributed by atoms with Gasteiger partial charge in [-0.2, -0.15) is 0 Å². The van der Waals surface area contributed by atoms with Gasteiger partial charge in [-0.1, -0.05) is 0 Å². The largest absolute Gasteiger partial charge is 0.394 e. The van der Waals surface area contributed by atoms with E-state index in [1.165, 1.54) is 17.2 Å². The molecule has 0 saturated carbocycles. The molecule has 1 unspecified atom stereocenters. The smallest absolute Gasteiger partial charge is 0.259 e. The van der Waals surface area contributed by atoms with Crippen LogP contribution in [0.5, 0.6) is 0 Å². The van der Waals surface area contributed by atoms with E-state index in [4.69, 9.17) is 9.84 Å². The highest BCUT2D eigenvalue weighted by Crippen LogP contribution is 2.22. The average molecular weight is 298 g/mol. The van der Waals surface area contributed by atoms with Gasteiger partial charge in [-0.3, -0.25) is 19.7 Å². The molecule has 3 N–H and O–H groups in total. The Morgan fingerprint density at radius 2 is 2.19 bits per heavy atom. The maximum atomic E-state index is 11.6. The van der Waals surface area contributed by atoms with Crippen molar-refractivity contribution in [3.05, 3.63) is 23.9 Å². The van der Waals surface area contributed by atoms with Crippen LogP contribution in [0.4, 0.5) is 0 Å². The Balaban J connectivity index is 2.83. The number of ether oxygens (including phenoxy) is 1. The van der Waals surface area contributed by atoms with Gasteiger partial charge in [0.05, 0.1) is 18.3 Å². The van der Waals surface area contributed by atoms with Gasteiger partial charge in [-0.15, -0.1) is 0 Å². The van der Waals surface area contributed by atoms with Crippen LogP contribution in [0.2, 0.25) is 0 Å². The molecule has 8 heteroatoms. The molecule has 1 saturated heterocycles. The molecule has 1 aliphatic rings. The molecule has 0 aromatic carbocycles. The fraction of sp³-hybridized carbons (Fsp3) is 0.462. The summed E-state index contributed by atoms with van der Waals surface area (Å²) in [7, 11) is 1.61. The van der Waals surface area contributed by atoms with E-state index in [-0.39, 0.29) is 25.0 Å². The van der Waals surface area contributed by atoms with Crippen LogP contribution < -0.4 is 5.32 Å². The molecule has 1 heterocycles. The second kappa shape index (κ2) is 8.30. The lowest BCUT2D eigenvalue weighted by Crippen LogP contribution is -2.30. The van der Waals surface area contributed by atoms with E-state index < -0.39 is 24.3 Å². The first-order chi connectivity index (χ1) is 10.0. The summed E-state index contributed by atoms with van der Waals surface area (Å²) in [6, 6.07) is 0. The van der Waals surface area contributed by atoms with Gasteiger partial charge in [0.2, 0.25) is 6.41 Å². The first-order valence-electron chi connectivity index (χ1n) is 6.28. The van der Waals surface area contributed by atoms with Crippen LogP contribution in [-0.4, -0.2) is 65.8 Å². The van der Waals surface area contributed by atoms with Crippen molar-refractivity contribution in [3.8, 4) is 0 Å². The molecule has 0 spiro atoms. The van der Waals surface area contributed by atoms with Crippen LogP contribution >= 0.6 is 0 Å². The lowest BCUT2D eigenvalue weighted by molar-refractivity contribution is -0.122. The van der Waals surface area contributed by atoms with E-state index in [0.717, 1.165) is 6.08 Å². The number of allylic oxidation sites excluding steroid dienone is 1. The fourth-order valence-corrected chi connectivity index (χ4v) is 1.89. The molecule has 21 heavy (non-hydrogen) atoms. The number of nitrogens with one attached hydrogen (secondary N) is 1. The number of hydrogen-bond donors (Lipinski definition) is 3. The first kappa shape index (κ1) is 17.0. The molecule has 0 aliphatic carbocycles. The zero-order valence-corrected chi connectivity index (χ0v) is 11.5. The summed E-state index contributed by atoms with van der Waals surface area (Å²) >= 11 is 0. The number of nitrogens with zero attached hydrogens (tertiary/aromatic N) is 1. The van der Waals surface area contributed by atoms with Crippen molar-refractivity contribution in [1.82, 2.24) is 10.2 Å². The van der Waals surface area contributed by atoms with E-state index >= 15 is 0 Å². The minimum Gasteiger partial charge on any atom is -0.394 e. The van der Waals surface area contributed by atoms with Crippen molar-refractivity contribution in [2.24, 2.45) is 0 Å². The van der Waals surface area contributed by atoms with E-state index in [2.05, 4.69) is 0 Å². The monoisotopic (exact) mass is 298 g/mol. The predicted octanol–water partition coefficient (Wildman–Crippen LogP) is -1.70. The van der Waals surface area contributed by atoms with E-state index in [9.17, 15) is 19.5 Å². The number of amides is 2. The maximum absolute atomic E-state index is 11.6. The summed E-state index contributed by atoms with van der Waals surface area (Å²) in [6.07, 6.45) is 2.75. The molecule has 1 aliphatic heterocycles. The molecule has 0 bridgehead atoms. The van der Waals surface area contributed by atoms with Crippen molar-refractivity contribution >= 4 is 18.6 Å². The highest BCUT2D eigenvalue weighted by molar-refractivity contribution is 6.01. The Kier molecular flexibility index (Phi) is 6.73. The molecule has 8 nitrogen and oxygen atoms in total. The lowest BCUT2D eigenvalue weighted by Gasteiger charge is -2.23. The summed E-state index contributed by atoms with van der Waals surface area (Å²) < 4.78 is 5.42. The third-order valence-electron chi connectivity index (χ3n) is 2.99. The quantitative estimate of drug-likeness (QED) is 0.291. The van der Waals surface area contributed by atoms with Gasteiger partial charge in [-0.25, -0.2) is 0 Å². The minimum absolute atomic E-state index is 0.0715. The molecular formula is C13H18N2O6. The number of rotatable bonds is 7. The number of imide groups is 1. The molecule has 2 amide bonds. The van der Waals surface area contributed by atoms with E-state index in [1.807, 2.05) is 5.32 Å². The fourth-order valence-electron chi connectivity index (χ4n) is 1.89. The van der Waals surface area contributed by atoms with Crippen molar-refractivity contribution < 1.29 is 29.3 Å². The Labute approximate surface area is 121 Å². The van der Waals surface area contributed by atoms with Gasteiger partial charge >= 0.3 is 0 Å². The second-order valence-electron chi connectivity index (χ2n) is 4.45. The molecule has 0 radical (unpaired) electrons. The van der Waals surface area contributed by atoms with Gasteiger partial charge in [-0.05, 0) is 12.2 Å². The Morgan fingerprint density at radius 3 is 2.71 bits per heavy atom. The van der Waals surface area contributed by atoms with Crippen LogP contribution in [0.15, 0.2) is 23.9 Å². The maximum Gasteiger partial charge on any atom is 0.259 e. The average Bonchev–Trinajstić information content (AvgIpc) is 2.84. The Bertz CT molecular complexity index is 448. The number of carbonyl (C=O) groups is 3. The summed E-state index contributed by atoms with van der Waals surface area (Å²) in [6.45, 7) is -0.307. The molecular weight excluding hydrogens is 280 g/mol. The lowest BCUT2D eigenvalue weighted by atomic mass is 10.2. The van der Waals surface area contributed by atoms with Crippen molar-refractivity contribution in [2.45, 2.75) is 24.9 Å².